The van der Waals surface area contributed by atoms with Crippen LogP contribution in [0, 0.1) is 29.6 Å². The van der Waals surface area contributed by atoms with E-state index in [1.54, 1.807) is 13.0 Å². The third-order valence-corrected chi connectivity index (χ3v) is 15.2. The molecular formula is C57H90N12O21. The molecule has 2 aliphatic heterocycles. The minimum absolute atomic E-state index is 0.0370. The molecule has 0 saturated carbocycles. The van der Waals surface area contributed by atoms with Crippen molar-refractivity contribution in [3.8, 4) is 0 Å². The molecule has 18 N–H and O–H groups in total. The number of rotatable bonds is 23. The third-order valence-electron chi connectivity index (χ3n) is 15.2. The normalized spacial score (nSPS) is 26.3. The number of allylic oxidation sites excluding steroid dienone is 3. The van der Waals surface area contributed by atoms with Crippen LogP contribution < -0.4 is 58.9 Å². The quantitative estimate of drug-likeness (QED) is 0.0261. The fourth-order valence-electron chi connectivity index (χ4n) is 9.42. The molecular weight excluding hydrogens is 1190 g/mol. The largest absolute Gasteiger partial charge is 0.481 e. The molecule has 0 bridgehead atoms. The van der Waals surface area contributed by atoms with E-state index in [0.717, 1.165) is 30.7 Å². The second-order valence-corrected chi connectivity index (χ2v) is 23.5. The van der Waals surface area contributed by atoms with Crippen LogP contribution in [-0.4, -0.2) is 216 Å². The standard InChI is InChI=1S/C57H90N12O21/c1-11-28(6)18-14-12-13-15-20-35(70)64-44(57(10,90)56(88)89)52(82)67-41-31(9)60-47(77)34-22-29(7)25-69(34)53(83)39(27(4)5)66-49(79)40(30(8)54(84)85)63-36(71)24-59-45(75)33(23-37(72)73)62-51(81)42(43(74)55(86)87)68-46(76)32(19-16-17-21-58)61-48(78)38(26(2)3)65-50(41)80/h12-13,15,20,26-34,38-44,74,90H,11,14,16-19,21-25,58H2,1-10H3,(H,59,75)(H,60,77)(H,61,78)(H,62,81)(H,63,71)(H,64,70)(H,65,80)(H,66,79)(H,67,82)(H,68,76)(H,72,73)(H,84,85)(H,86,87)(H,88,89)/b13-12-,20-15+/t28?,29-,30?,31?,32+,33+,34+,38-,39+,40-,41+,42+,43?,44-,57?/m1/s1. The average Bonchev–Trinajstić information content (AvgIpc) is 1.28. The molecule has 2 aliphatic rings. The van der Waals surface area contributed by atoms with Crippen LogP contribution in [0.2, 0.25) is 0 Å². The summed E-state index contributed by atoms with van der Waals surface area (Å²) >= 11 is 0. The molecule has 5 unspecified atom stereocenters. The first-order valence-corrected chi connectivity index (χ1v) is 29.6. The highest BCUT2D eigenvalue weighted by Gasteiger charge is 2.48. The predicted octanol–water partition coefficient (Wildman–Crippen LogP) is -4.41. The highest BCUT2D eigenvalue weighted by Crippen LogP contribution is 2.26. The zero-order chi connectivity index (χ0) is 68.7. The number of nitrogens with two attached hydrogens (primary N) is 1. The van der Waals surface area contributed by atoms with Crippen molar-refractivity contribution in [3.05, 3.63) is 24.3 Å². The molecule has 0 aromatic carbocycles. The number of carboxylic acid groups (broad SMARTS) is 4. The lowest BCUT2D eigenvalue weighted by Crippen LogP contribution is -2.68. The molecule has 33 nitrogen and oxygen atoms in total. The topological polar surface area (TPSA) is 527 Å². The summed E-state index contributed by atoms with van der Waals surface area (Å²) in [5.41, 5.74) is 2.56. The number of hydrogen-bond donors (Lipinski definition) is 17. The Balaban J connectivity index is 2.99. The second kappa shape index (κ2) is 36.2. The van der Waals surface area contributed by atoms with Crippen LogP contribution in [0.25, 0.3) is 0 Å². The van der Waals surface area contributed by atoms with Crippen molar-refractivity contribution < 1.29 is 103 Å². The number of carbonyl (C=O) groups is 15. The van der Waals surface area contributed by atoms with Gasteiger partial charge in [-0.05, 0) is 89.5 Å². The Hall–Kier alpha value is -8.59. The number of amides is 11. The highest BCUT2D eigenvalue weighted by atomic mass is 16.4. The van der Waals surface area contributed by atoms with E-state index in [9.17, 15) is 103 Å². The molecule has 0 spiro atoms. The van der Waals surface area contributed by atoms with Gasteiger partial charge in [-0.3, -0.25) is 62.3 Å². The van der Waals surface area contributed by atoms with E-state index in [1.807, 2.05) is 22.9 Å². The second-order valence-electron chi connectivity index (χ2n) is 23.5. The molecule has 90 heavy (non-hydrogen) atoms. The van der Waals surface area contributed by atoms with Crippen LogP contribution in [0.3, 0.4) is 0 Å². The zero-order valence-corrected chi connectivity index (χ0v) is 52.2. The van der Waals surface area contributed by atoms with Gasteiger partial charge in [-0.15, -0.1) is 0 Å². The van der Waals surface area contributed by atoms with Gasteiger partial charge in [-0.25, -0.2) is 9.59 Å². The van der Waals surface area contributed by atoms with Gasteiger partial charge >= 0.3 is 23.9 Å². The van der Waals surface area contributed by atoms with Gasteiger partial charge in [0.15, 0.2) is 11.7 Å². The number of carbonyl (C=O) groups excluding carboxylic acids is 11. The number of unbranched alkanes of at least 4 members (excludes halogenated alkanes) is 1. The molecule has 0 aromatic heterocycles. The highest BCUT2D eigenvalue weighted by molar-refractivity contribution is 6.02. The number of aliphatic hydroxyl groups excluding tert-OH is 1. The lowest BCUT2D eigenvalue weighted by Gasteiger charge is -2.34. The van der Waals surface area contributed by atoms with Crippen molar-refractivity contribution in [2.75, 3.05) is 19.6 Å². The van der Waals surface area contributed by atoms with Gasteiger partial charge in [0.25, 0.3) is 0 Å². The fourth-order valence-corrected chi connectivity index (χ4v) is 9.42. The Bertz CT molecular complexity index is 2700. The van der Waals surface area contributed by atoms with Crippen LogP contribution in [0.1, 0.15) is 121 Å². The lowest BCUT2D eigenvalue weighted by atomic mass is 9.94. The van der Waals surface area contributed by atoms with E-state index < -0.39 is 198 Å². The van der Waals surface area contributed by atoms with Gasteiger partial charge in [0, 0.05) is 12.6 Å². The summed E-state index contributed by atoms with van der Waals surface area (Å²) in [6, 6.07) is -19.5. The first-order valence-electron chi connectivity index (χ1n) is 29.6. The Morgan fingerprint density at radius 1 is 0.700 bits per heavy atom. The number of nitrogens with zero attached hydrogens (tertiary/aromatic N) is 1. The molecule has 0 aromatic rings. The Labute approximate surface area is 520 Å². The van der Waals surface area contributed by atoms with E-state index in [1.165, 1.54) is 46.8 Å². The molecule has 15 atom stereocenters. The molecule has 11 amide bonds. The Morgan fingerprint density at radius 3 is 1.83 bits per heavy atom. The predicted molar refractivity (Wildman–Crippen MR) is 316 cm³/mol. The summed E-state index contributed by atoms with van der Waals surface area (Å²) < 4.78 is 0. The lowest BCUT2D eigenvalue weighted by molar-refractivity contribution is -0.163. The van der Waals surface area contributed by atoms with Gasteiger partial charge < -0.3 is 94.4 Å². The fraction of sp³-hybridized carbons (Fsp3) is 0.667. The zero-order valence-electron chi connectivity index (χ0n) is 52.2. The summed E-state index contributed by atoms with van der Waals surface area (Å²) in [7, 11) is 0. The summed E-state index contributed by atoms with van der Waals surface area (Å²) in [5, 5.41) is 83.9. The van der Waals surface area contributed by atoms with Gasteiger partial charge in [0.05, 0.1) is 24.9 Å². The minimum Gasteiger partial charge on any atom is -0.481 e. The minimum atomic E-state index is -3.13. The summed E-state index contributed by atoms with van der Waals surface area (Å²) in [4.78, 5) is 206. The molecule has 2 fully saturated rings. The van der Waals surface area contributed by atoms with Crippen LogP contribution >= 0.6 is 0 Å². The van der Waals surface area contributed by atoms with Crippen molar-refractivity contribution in [2.45, 2.75) is 193 Å². The van der Waals surface area contributed by atoms with E-state index in [0.29, 0.717) is 19.3 Å². The summed E-state index contributed by atoms with van der Waals surface area (Å²) in [6.45, 7) is 13.1. The maximum absolute atomic E-state index is 14.9. The van der Waals surface area contributed by atoms with E-state index in [-0.39, 0.29) is 38.8 Å². The number of fused-ring (bicyclic) bond motifs is 1. The third kappa shape index (κ3) is 23.4. The first kappa shape index (κ1) is 77.5. The molecule has 33 heteroatoms. The van der Waals surface area contributed by atoms with Crippen molar-refractivity contribution in [1.29, 1.82) is 0 Å². The van der Waals surface area contributed by atoms with Crippen molar-refractivity contribution >= 4 is 88.9 Å². The van der Waals surface area contributed by atoms with Crippen LogP contribution in [-0.2, 0) is 71.9 Å². The van der Waals surface area contributed by atoms with Gasteiger partial charge in [-0.2, -0.15) is 0 Å². The van der Waals surface area contributed by atoms with E-state index >= 15 is 0 Å². The molecule has 2 rings (SSSR count). The number of aliphatic hydroxyl groups is 2. The molecule has 504 valence electrons. The van der Waals surface area contributed by atoms with Crippen LogP contribution in [0.15, 0.2) is 24.3 Å². The molecule has 0 aliphatic carbocycles. The van der Waals surface area contributed by atoms with Crippen LogP contribution in [0.4, 0.5) is 0 Å². The van der Waals surface area contributed by atoms with Crippen molar-refractivity contribution in [3.63, 3.8) is 0 Å². The summed E-state index contributed by atoms with van der Waals surface area (Å²) in [5.74, 6) is -25.3. The SMILES string of the molecule is CCC(C)CC/C=C\C=C\C(=O)N[C@H](C(=O)N[C@@H]1C(=O)N[C@H](C(C)C)C(=O)N[C@@H](CCCCN)C(=O)N[C@@H](C(O)C(=O)O)C(=O)N[C@@H](CC(=O)O)C(=O)NCC(=O)N[C@H](C(C)C(=O)O)C(=O)N[C@@H](C(C)C)C(=O)N2C[C@H](C)C[C@H]2C(=O)NC1C)C(C)(O)C(=O)O. The smallest absolute Gasteiger partial charge is 0.338 e. The van der Waals surface area contributed by atoms with E-state index in [4.69, 9.17) is 5.73 Å². The molecule has 2 heterocycles. The van der Waals surface area contributed by atoms with E-state index in [2.05, 4.69) is 44.1 Å². The van der Waals surface area contributed by atoms with Crippen LogP contribution in [0.5, 0.6) is 0 Å². The Morgan fingerprint density at radius 2 is 1.28 bits per heavy atom. The van der Waals surface area contributed by atoms with Gasteiger partial charge in [-0.1, -0.05) is 73.1 Å². The maximum Gasteiger partial charge on any atom is 0.338 e. The number of aliphatic carboxylic acids is 4. The first-order chi connectivity index (χ1) is 41.9. The number of carboxylic acids is 4. The number of hydrogen-bond acceptors (Lipinski definition) is 18. The average molecular weight is 1280 g/mol. The van der Waals surface area contributed by atoms with Crippen molar-refractivity contribution in [1.82, 2.24) is 58.1 Å². The van der Waals surface area contributed by atoms with Crippen molar-refractivity contribution in [2.24, 2.45) is 35.3 Å². The Kier molecular flexibility index (Phi) is 31.1. The van der Waals surface area contributed by atoms with Gasteiger partial charge in [0.1, 0.15) is 54.4 Å². The molecule has 2 saturated heterocycles. The summed E-state index contributed by atoms with van der Waals surface area (Å²) in [6.07, 6.45) is 3.60. The number of nitrogens with one attached hydrogen (secondary N) is 10. The van der Waals surface area contributed by atoms with Gasteiger partial charge in [0.2, 0.25) is 65.0 Å². The molecule has 0 radical (unpaired) electrons. The monoisotopic (exact) mass is 1280 g/mol. The maximum atomic E-state index is 14.9.